The smallest absolute Gasteiger partial charge is 0.128 e. The van der Waals surface area contributed by atoms with Gasteiger partial charge < -0.3 is 14.6 Å². The maximum atomic E-state index is 10.00. The number of nitrogens with zero attached hydrogens (tertiary/aromatic N) is 1. The van der Waals surface area contributed by atoms with Crippen molar-refractivity contribution in [2.24, 2.45) is 0 Å². The molecule has 0 saturated heterocycles. The van der Waals surface area contributed by atoms with Gasteiger partial charge in [0.2, 0.25) is 0 Å². The molecule has 0 amide bonds. The topological polar surface area (TPSA) is 51.6 Å². The molecule has 0 aliphatic rings. The van der Waals surface area contributed by atoms with Crippen LogP contribution in [0.15, 0.2) is 36.4 Å². The summed E-state index contributed by atoms with van der Waals surface area (Å²) < 4.78 is 11.4. The first kappa shape index (κ1) is 12.7. The third-order valence-electron chi connectivity index (χ3n) is 3.03. The molecule has 1 heterocycles. The molecule has 2 aromatic carbocycles. The van der Waals surface area contributed by atoms with E-state index in [1.165, 1.54) is 11.3 Å². The van der Waals surface area contributed by atoms with E-state index in [4.69, 9.17) is 9.47 Å². The Morgan fingerprint density at radius 3 is 2.45 bits per heavy atom. The summed E-state index contributed by atoms with van der Waals surface area (Å²) in [5.74, 6) is 1.68. The Hall–Kier alpha value is -2.27. The molecule has 102 valence electrons. The zero-order valence-electron chi connectivity index (χ0n) is 11.1. The van der Waals surface area contributed by atoms with Crippen LogP contribution in [-0.4, -0.2) is 24.3 Å². The van der Waals surface area contributed by atoms with Crippen LogP contribution in [0, 0.1) is 0 Å². The number of hydrogen-bond acceptors (Lipinski definition) is 5. The average Bonchev–Trinajstić information content (AvgIpc) is 2.90. The Kier molecular flexibility index (Phi) is 3.20. The number of thiazole rings is 1. The van der Waals surface area contributed by atoms with Crippen LogP contribution in [0.25, 0.3) is 20.8 Å². The number of aromatic nitrogens is 1. The molecule has 0 aliphatic carbocycles. The SMILES string of the molecule is COc1ccc(O)c(-c2nc3ccc(OC)cc3s2)c1. The van der Waals surface area contributed by atoms with Crippen molar-refractivity contribution in [3.8, 4) is 27.8 Å². The lowest BCUT2D eigenvalue weighted by atomic mass is 10.2. The first-order chi connectivity index (χ1) is 9.71. The summed E-state index contributed by atoms with van der Waals surface area (Å²) in [7, 11) is 3.23. The van der Waals surface area contributed by atoms with Crippen molar-refractivity contribution < 1.29 is 14.6 Å². The number of benzene rings is 2. The summed E-state index contributed by atoms with van der Waals surface area (Å²) in [6.45, 7) is 0. The zero-order chi connectivity index (χ0) is 14.1. The van der Waals surface area contributed by atoms with Crippen molar-refractivity contribution in [1.82, 2.24) is 4.98 Å². The molecule has 3 aromatic rings. The van der Waals surface area contributed by atoms with Crippen LogP contribution >= 0.6 is 11.3 Å². The first-order valence-electron chi connectivity index (χ1n) is 6.03. The van der Waals surface area contributed by atoms with E-state index < -0.39 is 0 Å². The van der Waals surface area contributed by atoms with Crippen LogP contribution in [0.4, 0.5) is 0 Å². The molecule has 5 heteroatoms. The van der Waals surface area contributed by atoms with Gasteiger partial charge in [0.05, 0.1) is 30.0 Å². The Morgan fingerprint density at radius 1 is 1.00 bits per heavy atom. The maximum absolute atomic E-state index is 10.00. The molecular weight excluding hydrogens is 274 g/mol. The van der Waals surface area contributed by atoms with Crippen LogP contribution in [0.2, 0.25) is 0 Å². The number of aromatic hydroxyl groups is 1. The molecule has 0 spiro atoms. The van der Waals surface area contributed by atoms with Crippen molar-refractivity contribution in [3.63, 3.8) is 0 Å². The van der Waals surface area contributed by atoms with Gasteiger partial charge in [0.25, 0.3) is 0 Å². The van der Waals surface area contributed by atoms with Crippen LogP contribution in [0.1, 0.15) is 0 Å². The fourth-order valence-corrected chi connectivity index (χ4v) is 2.98. The van der Waals surface area contributed by atoms with Gasteiger partial charge in [0.15, 0.2) is 0 Å². The summed E-state index contributed by atoms with van der Waals surface area (Å²) >= 11 is 1.51. The quantitative estimate of drug-likeness (QED) is 0.798. The number of rotatable bonds is 3. The number of ether oxygens (including phenoxy) is 2. The predicted octanol–water partition coefficient (Wildman–Crippen LogP) is 3.69. The molecule has 0 unspecified atom stereocenters. The second kappa shape index (κ2) is 5.02. The summed E-state index contributed by atoms with van der Waals surface area (Å²) in [5, 5.41) is 10.8. The Labute approximate surface area is 120 Å². The van der Waals surface area contributed by atoms with Crippen molar-refractivity contribution in [2.45, 2.75) is 0 Å². The number of phenolic OH excluding ortho intramolecular Hbond substituents is 1. The van der Waals surface area contributed by atoms with Crippen LogP contribution in [0.3, 0.4) is 0 Å². The summed E-state index contributed by atoms with van der Waals surface area (Å²) in [4.78, 5) is 4.54. The van der Waals surface area contributed by atoms with Crippen molar-refractivity contribution in [2.75, 3.05) is 14.2 Å². The molecule has 0 saturated carbocycles. The fraction of sp³-hybridized carbons (Fsp3) is 0.133. The first-order valence-corrected chi connectivity index (χ1v) is 6.85. The molecule has 1 aromatic heterocycles. The fourth-order valence-electron chi connectivity index (χ4n) is 1.96. The molecule has 0 atom stereocenters. The third-order valence-corrected chi connectivity index (χ3v) is 4.08. The normalized spacial score (nSPS) is 10.7. The van der Waals surface area contributed by atoms with Crippen molar-refractivity contribution >= 4 is 21.6 Å². The summed E-state index contributed by atoms with van der Waals surface area (Å²) in [6, 6.07) is 10.8. The molecule has 4 nitrogen and oxygen atoms in total. The molecule has 0 bridgehead atoms. The molecule has 3 rings (SSSR count). The highest BCUT2D eigenvalue weighted by molar-refractivity contribution is 7.21. The number of fused-ring (bicyclic) bond motifs is 1. The van der Waals surface area contributed by atoms with Gasteiger partial charge in [-0.25, -0.2) is 4.98 Å². The average molecular weight is 287 g/mol. The molecule has 20 heavy (non-hydrogen) atoms. The lowest BCUT2D eigenvalue weighted by molar-refractivity contribution is 0.412. The van der Waals surface area contributed by atoms with E-state index >= 15 is 0 Å². The maximum Gasteiger partial charge on any atom is 0.128 e. The minimum Gasteiger partial charge on any atom is -0.507 e. The predicted molar refractivity (Wildman–Crippen MR) is 79.8 cm³/mol. The van der Waals surface area contributed by atoms with Gasteiger partial charge in [-0.2, -0.15) is 0 Å². The van der Waals surface area contributed by atoms with Gasteiger partial charge in [-0.05, 0) is 36.4 Å². The van der Waals surface area contributed by atoms with Gasteiger partial charge in [0.1, 0.15) is 22.3 Å². The number of methoxy groups -OCH3 is 2. The molecule has 1 N–H and O–H groups in total. The Balaban J connectivity index is 2.14. The number of hydrogen-bond donors (Lipinski definition) is 1. The lowest BCUT2D eigenvalue weighted by Gasteiger charge is -2.04. The minimum atomic E-state index is 0.192. The summed E-state index contributed by atoms with van der Waals surface area (Å²) in [5.41, 5.74) is 1.55. The van der Waals surface area contributed by atoms with Gasteiger partial charge in [-0.3, -0.25) is 0 Å². The van der Waals surface area contributed by atoms with E-state index in [1.807, 2.05) is 18.2 Å². The minimum absolute atomic E-state index is 0.192. The largest absolute Gasteiger partial charge is 0.507 e. The van der Waals surface area contributed by atoms with E-state index in [0.717, 1.165) is 21.0 Å². The van der Waals surface area contributed by atoms with E-state index in [2.05, 4.69) is 4.98 Å². The van der Waals surface area contributed by atoms with Gasteiger partial charge in [-0.15, -0.1) is 11.3 Å². The van der Waals surface area contributed by atoms with Crippen molar-refractivity contribution in [3.05, 3.63) is 36.4 Å². The highest BCUT2D eigenvalue weighted by atomic mass is 32.1. The third kappa shape index (κ3) is 2.16. The van der Waals surface area contributed by atoms with E-state index in [9.17, 15) is 5.11 Å². The number of phenols is 1. The van der Waals surface area contributed by atoms with Crippen LogP contribution in [0.5, 0.6) is 17.2 Å². The highest BCUT2D eigenvalue weighted by Crippen LogP contribution is 2.38. The second-order valence-corrected chi connectivity index (χ2v) is 5.27. The standard InChI is InChI=1S/C15H13NO3S/c1-18-9-4-6-13(17)11(7-9)15-16-12-5-3-10(19-2)8-14(12)20-15/h3-8,17H,1-2H3. The van der Waals surface area contributed by atoms with Gasteiger partial charge in [0, 0.05) is 0 Å². The van der Waals surface area contributed by atoms with Crippen LogP contribution in [-0.2, 0) is 0 Å². The molecule has 0 fully saturated rings. The zero-order valence-corrected chi connectivity index (χ0v) is 11.9. The van der Waals surface area contributed by atoms with Gasteiger partial charge >= 0.3 is 0 Å². The van der Waals surface area contributed by atoms with E-state index in [-0.39, 0.29) is 5.75 Å². The monoisotopic (exact) mass is 287 g/mol. The second-order valence-electron chi connectivity index (χ2n) is 4.24. The molecule has 0 aliphatic heterocycles. The molecular formula is C15H13NO3S. The Morgan fingerprint density at radius 2 is 1.70 bits per heavy atom. The van der Waals surface area contributed by atoms with Gasteiger partial charge in [-0.1, -0.05) is 0 Å². The highest BCUT2D eigenvalue weighted by Gasteiger charge is 2.12. The van der Waals surface area contributed by atoms with E-state index in [0.29, 0.717) is 11.3 Å². The molecule has 0 radical (unpaired) electrons. The Bertz CT molecular complexity index is 767. The van der Waals surface area contributed by atoms with E-state index in [1.54, 1.807) is 32.4 Å². The summed E-state index contributed by atoms with van der Waals surface area (Å²) in [6.07, 6.45) is 0. The van der Waals surface area contributed by atoms with Crippen LogP contribution < -0.4 is 9.47 Å². The van der Waals surface area contributed by atoms with Crippen molar-refractivity contribution in [1.29, 1.82) is 0 Å². The lowest BCUT2D eigenvalue weighted by Crippen LogP contribution is -1.84.